The summed E-state index contributed by atoms with van der Waals surface area (Å²) in [7, 11) is 3.13. The molecule has 8 heteroatoms. The van der Waals surface area contributed by atoms with Crippen molar-refractivity contribution >= 4 is 18.3 Å². The van der Waals surface area contributed by atoms with Crippen LogP contribution in [0.5, 0.6) is 11.5 Å². The second kappa shape index (κ2) is 10.2. The molecule has 1 rings (SSSR count). The topological polar surface area (TPSA) is 59.6 Å². The highest BCUT2D eigenvalue weighted by atomic mass is 35.5. The number of benzene rings is 1. The van der Waals surface area contributed by atoms with E-state index in [0.717, 1.165) is 13.0 Å². The molecule has 5 nitrogen and oxygen atoms in total. The quantitative estimate of drug-likeness (QED) is 0.719. The van der Waals surface area contributed by atoms with Crippen LogP contribution in [0.2, 0.25) is 0 Å². The van der Waals surface area contributed by atoms with E-state index in [1.807, 2.05) is 0 Å². The summed E-state index contributed by atoms with van der Waals surface area (Å²) in [6.45, 7) is -1.84. The summed E-state index contributed by atoms with van der Waals surface area (Å²) in [5, 5.41) is 5.58. The van der Waals surface area contributed by atoms with Gasteiger partial charge >= 0.3 is 6.61 Å². The summed E-state index contributed by atoms with van der Waals surface area (Å²) in [5.41, 5.74) is 0.0223. The Balaban J connectivity index is 0.00000400. The Labute approximate surface area is 128 Å². The smallest absolute Gasteiger partial charge is 0.387 e. The van der Waals surface area contributed by atoms with Crippen molar-refractivity contribution in [3.63, 3.8) is 0 Å². The number of para-hydroxylation sites is 1. The van der Waals surface area contributed by atoms with E-state index in [1.54, 1.807) is 13.1 Å². The summed E-state index contributed by atoms with van der Waals surface area (Å²) in [6.07, 6.45) is 0.733. The Bertz CT molecular complexity index is 447. The zero-order valence-corrected chi connectivity index (χ0v) is 12.6. The van der Waals surface area contributed by atoms with Crippen molar-refractivity contribution in [2.45, 2.75) is 13.0 Å². The van der Waals surface area contributed by atoms with Crippen molar-refractivity contribution in [2.75, 3.05) is 27.2 Å². The molecule has 0 bridgehead atoms. The normalized spacial score (nSPS) is 9.95. The molecule has 0 spiro atoms. The van der Waals surface area contributed by atoms with Gasteiger partial charge in [-0.3, -0.25) is 4.79 Å². The molecule has 1 aromatic carbocycles. The lowest BCUT2D eigenvalue weighted by atomic mass is 10.1. The molecule has 0 saturated carbocycles. The monoisotopic (exact) mass is 324 g/mol. The number of hydrogen-bond donors (Lipinski definition) is 2. The van der Waals surface area contributed by atoms with E-state index in [2.05, 4.69) is 15.4 Å². The minimum absolute atomic E-state index is 0. The maximum absolute atomic E-state index is 12.4. The molecular formula is C13H19ClF2N2O3. The van der Waals surface area contributed by atoms with E-state index in [-0.39, 0.29) is 29.5 Å². The fourth-order valence-electron chi connectivity index (χ4n) is 1.63. The predicted molar refractivity (Wildman–Crippen MR) is 77.8 cm³/mol. The zero-order valence-electron chi connectivity index (χ0n) is 11.8. The number of hydrogen-bond acceptors (Lipinski definition) is 4. The van der Waals surface area contributed by atoms with Crippen LogP contribution in [0.25, 0.3) is 0 Å². The minimum Gasteiger partial charge on any atom is -0.493 e. The average Bonchev–Trinajstić information content (AvgIpc) is 2.43. The number of ether oxygens (including phenoxy) is 2. The first-order valence-corrected chi connectivity index (χ1v) is 6.14. The highest BCUT2D eigenvalue weighted by Crippen LogP contribution is 2.32. The minimum atomic E-state index is -3.03. The Kier molecular flexibility index (Phi) is 9.40. The number of carbonyl (C=O) groups is 1. The van der Waals surface area contributed by atoms with Gasteiger partial charge in [0, 0.05) is 6.54 Å². The van der Waals surface area contributed by atoms with Gasteiger partial charge < -0.3 is 20.1 Å². The van der Waals surface area contributed by atoms with Crippen LogP contribution in [0, 0.1) is 0 Å². The lowest BCUT2D eigenvalue weighted by Crippen LogP contribution is -2.27. The van der Waals surface area contributed by atoms with Crippen LogP contribution < -0.4 is 20.1 Å². The highest BCUT2D eigenvalue weighted by Gasteiger charge is 2.19. The Morgan fingerprint density at radius 1 is 1.33 bits per heavy atom. The summed E-state index contributed by atoms with van der Waals surface area (Å²) < 4.78 is 34.1. The SMILES string of the molecule is CNCCCNC(=O)c1cccc(OC)c1OC(F)F.Cl. The average molecular weight is 325 g/mol. The zero-order chi connectivity index (χ0) is 15.0. The molecule has 0 aliphatic carbocycles. The predicted octanol–water partition coefficient (Wildman–Crippen LogP) is 2.06. The van der Waals surface area contributed by atoms with E-state index in [4.69, 9.17) is 4.74 Å². The maximum Gasteiger partial charge on any atom is 0.387 e. The first kappa shape index (κ1) is 19.4. The number of alkyl halides is 2. The fourth-order valence-corrected chi connectivity index (χ4v) is 1.63. The number of halogens is 3. The molecule has 0 fully saturated rings. The third-order valence-electron chi connectivity index (χ3n) is 2.54. The molecule has 0 unspecified atom stereocenters. The summed E-state index contributed by atoms with van der Waals surface area (Å²) in [5.74, 6) is -0.639. The van der Waals surface area contributed by atoms with Gasteiger partial charge in [0.15, 0.2) is 11.5 Å². The third-order valence-corrected chi connectivity index (χ3v) is 2.54. The molecule has 0 aliphatic rings. The highest BCUT2D eigenvalue weighted by molar-refractivity contribution is 5.97. The van der Waals surface area contributed by atoms with Crippen molar-refractivity contribution in [2.24, 2.45) is 0 Å². The van der Waals surface area contributed by atoms with Crippen LogP contribution >= 0.6 is 12.4 Å². The molecule has 21 heavy (non-hydrogen) atoms. The van der Waals surface area contributed by atoms with Gasteiger partial charge in [-0.1, -0.05) is 6.07 Å². The molecule has 120 valence electrons. The molecule has 0 aliphatic heterocycles. The van der Waals surface area contributed by atoms with E-state index in [9.17, 15) is 13.6 Å². The number of nitrogens with one attached hydrogen (secondary N) is 2. The number of methoxy groups -OCH3 is 1. The second-order valence-electron chi connectivity index (χ2n) is 3.93. The van der Waals surface area contributed by atoms with Crippen molar-refractivity contribution in [3.8, 4) is 11.5 Å². The summed E-state index contributed by atoms with van der Waals surface area (Å²) in [6, 6.07) is 4.41. The van der Waals surface area contributed by atoms with Crippen molar-refractivity contribution in [1.29, 1.82) is 0 Å². The van der Waals surface area contributed by atoms with Crippen LogP contribution in [-0.2, 0) is 0 Å². The van der Waals surface area contributed by atoms with Crippen LogP contribution in [0.15, 0.2) is 18.2 Å². The molecule has 0 radical (unpaired) electrons. The van der Waals surface area contributed by atoms with Crippen LogP contribution in [0.3, 0.4) is 0 Å². The second-order valence-corrected chi connectivity index (χ2v) is 3.93. The lowest BCUT2D eigenvalue weighted by Gasteiger charge is -2.14. The summed E-state index contributed by atoms with van der Waals surface area (Å²) in [4.78, 5) is 12.0. The lowest BCUT2D eigenvalue weighted by molar-refractivity contribution is -0.0515. The van der Waals surface area contributed by atoms with Gasteiger partial charge in [-0.15, -0.1) is 12.4 Å². The summed E-state index contributed by atoms with van der Waals surface area (Å²) >= 11 is 0. The van der Waals surface area contributed by atoms with Crippen molar-refractivity contribution in [3.05, 3.63) is 23.8 Å². The molecule has 0 heterocycles. The third kappa shape index (κ3) is 6.14. The van der Waals surface area contributed by atoms with Gasteiger partial charge in [0.25, 0.3) is 5.91 Å². The van der Waals surface area contributed by atoms with E-state index >= 15 is 0 Å². The van der Waals surface area contributed by atoms with Crippen LogP contribution in [0.4, 0.5) is 8.78 Å². The molecule has 1 amide bonds. The number of amides is 1. The Morgan fingerprint density at radius 3 is 2.62 bits per heavy atom. The maximum atomic E-state index is 12.4. The molecule has 1 aromatic rings. The molecule has 2 N–H and O–H groups in total. The molecular weight excluding hydrogens is 306 g/mol. The first-order valence-electron chi connectivity index (χ1n) is 6.14. The largest absolute Gasteiger partial charge is 0.493 e. The Morgan fingerprint density at radius 2 is 2.05 bits per heavy atom. The van der Waals surface area contributed by atoms with Crippen LogP contribution in [-0.4, -0.2) is 39.8 Å². The first-order chi connectivity index (χ1) is 9.60. The fraction of sp³-hybridized carbons (Fsp3) is 0.462. The molecule has 0 atom stereocenters. The van der Waals surface area contributed by atoms with Gasteiger partial charge in [0.2, 0.25) is 0 Å². The van der Waals surface area contributed by atoms with E-state index in [0.29, 0.717) is 6.54 Å². The van der Waals surface area contributed by atoms with Gasteiger partial charge in [-0.25, -0.2) is 0 Å². The standard InChI is InChI=1S/C13H18F2N2O3.ClH/c1-16-7-4-8-17-12(18)9-5-3-6-10(19-2)11(9)20-13(14)15;/h3,5-6,13,16H,4,7-8H2,1-2H3,(H,17,18);1H. The van der Waals surface area contributed by atoms with E-state index < -0.39 is 12.5 Å². The number of carbonyl (C=O) groups excluding carboxylic acids is 1. The molecule has 0 saturated heterocycles. The molecule has 0 aromatic heterocycles. The van der Waals surface area contributed by atoms with Gasteiger partial charge in [-0.05, 0) is 32.1 Å². The van der Waals surface area contributed by atoms with E-state index in [1.165, 1.54) is 19.2 Å². The Hall–Kier alpha value is -1.60. The number of rotatable bonds is 8. The van der Waals surface area contributed by atoms with Gasteiger partial charge in [0.05, 0.1) is 12.7 Å². The van der Waals surface area contributed by atoms with Gasteiger partial charge in [-0.2, -0.15) is 8.78 Å². The van der Waals surface area contributed by atoms with Crippen molar-refractivity contribution in [1.82, 2.24) is 10.6 Å². The van der Waals surface area contributed by atoms with Gasteiger partial charge in [0.1, 0.15) is 0 Å². The van der Waals surface area contributed by atoms with Crippen molar-refractivity contribution < 1.29 is 23.0 Å². The van der Waals surface area contributed by atoms with Crippen LogP contribution in [0.1, 0.15) is 16.8 Å².